The van der Waals surface area contributed by atoms with Crippen molar-refractivity contribution in [3.8, 4) is 0 Å². The van der Waals surface area contributed by atoms with E-state index in [1.54, 1.807) is 11.4 Å². The number of carbonyl (C=O) groups excluding carboxylic acids is 2. The van der Waals surface area contributed by atoms with E-state index in [1.165, 1.54) is 29.5 Å². The average Bonchev–Trinajstić information content (AvgIpc) is 3.25. The number of thiazole rings is 1. The second-order valence-electron chi connectivity index (χ2n) is 7.93. The van der Waals surface area contributed by atoms with Crippen molar-refractivity contribution >= 4 is 39.9 Å². The highest BCUT2D eigenvalue weighted by molar-refractivity contribution is 7.14. The number of hydrogen-bond acceptors (Lipinski definition) is 5. The molecule has 0 radical (unpaired) electrons. The topological polar surface area (TPSA) is 80.3 Å². The van der Waals surface area contributed by atoms with Crippen LogP contribution in [0.3, 0.4) is 0 Å². The number of rotatable bonds is 7. The quantitative estimate of drug-likeness (QED) is 0.510. The highest BCUT2D eigenvalue weighted by atomic mass is 35.5. The number of benzene rings is 2. The van der Waals surface area contributed by atoms with Crippen LogP contribution in [-0.4, -0.2) is 36.6 Å². The fraction of sp³-hybridized carbons (Fsp3) is 0.292. The molecule has 2 aromatic carbocycles. The van der Waals surface area contributed by atoms with Gasteiger partial charge in [-0.25, -0.2) is 9.37 Å². The number of nitrogens with zero attached hydrogens (tertiary/aromatic N) is 1. The van der Waals surface area contributed by atoms with E-state index in [1.807, 2.05) is 24.3 Å². The zero-order valence-corrected chi connectivity index (χ0v) is 19.3. The van der Waals surface area contributed by atoms with Gasteiger partial charge in [-0.2, -0.15) is 0 Å². The smallest absolute Gasteiger partial charge is 0.260 e. The average molecular weight is 488 g/mol. The Morgan fingerprint density at radius 1 is 1.12 bits per heavy atom. The fourth-order valence-corrected chi connectivity index (χ4v) is 4.71. The molecule has 3 aromatic rings. The third-order valence-electron chi connectivity index (χ3n) is 5.76. The maximum Gasteiger partial charge on any atom is 0.260 e. The summed E-state index contributed by atoms with van der Waals surface area (Å²) in [6.45, 7) is 1.75. The van der Waals surface area contributed by atoms with Crippen LogP contribution in [0.4, 0.5) is 9.52 Å². The van der Waals surface area contributed by atoms with E-state index in [2.05, 4.69) is 15.6 Å². The van der Waals surface area contributed by atoms with Crippen LogP contribution in [0.2, 0.25) is 5.02 Å². The number of anilines is 1. The van der Waals surface area contributed by atoms with Gasteiger partial charge in [-0.15, -0.1) is 11.3 Å². The summed E-state index contributed by atoms with van der Waals surface area (Å²) in [7, 11) is 0. The van der Waals surface area contributed by atoms with Gasteiger partial charge in [0.15, 0.2) is 5.13 Å². The van der Waals surface area contributed by atoms with Gasteiger partial charge in [0, 0.05) is 35.6 Å². The SMILES string of the molecule is O=C(Cc1csc(NC(=O)c2ccccc2F)n1)NCC1(c2ccc(Cl)cc2)CCOCC1. The van der Waals surface area contributed by atoms with Gasteiger partial charge in [0.2, 0.25) is 5.91 Å². The number of ether oxygens (including phenoxy) is 1. The molecule has 33 heavy (non-hydrogen) atoms. The van der Waals surface area contributed by atoms with Crippen LogP contribution in [0.15, 0.2) is 53.9 Å². The lowest BCUT2D eigenvalue weighted by atomic mass is 9.74. The standard InChI is InChI=1S/C24H23ClFN3O3S/c25-17-7-5-16(6-8-17)24(9-11-32-12-10-24)15-27-21(30)13-18-14-33-23(28-18)29-22(31)19-3-1-2-4-20(19)26/h1-8,14H,9-13,15H2,(H,27,30)(H,28,29,31). The molecule has 1 aromatic heterocycles. The highest BCUT2D eigenvalue weighted by Crippen LogP contribution is 2.35. The highest BCUT2D eigenvalue weighted by Gasteiger charge is 2.34. The van der Waals surface area contributed by atoms with Crippen LogP contribution in [0.1, 0.15) is 34.5 Å². The van der Waals surface area contributed by atoms with Crippen LogP contribution in [0.25, 0.3) is 0 Å². The van der Waals surface area contributed by atoms with E-state index >= 15 is 0 Å². The van der Waals surface area contributed by atoms with Crippen molar-refractivity contribution in [2.24, 2.45) is 0 Å². The first kappa shape index (κ1) is 23.4. The normalized spacial score (nSPS) is 15.1. The monoisotopic (exact) mass is 487 g/mol. The molecule has 1 fully saturated rings. The lowest BCUT2D eigenvalue weighted by Gasteiger charge is -2.38. The molecule has 2 heterocycles. The Bertz CT molecular complexity index is 1130. The van der Waals surface area contributed by atoms with Gasteiger partial charge in [-0.05, 0) is 42.7 Å². The molecule has 0 spiro atoms. The number of nitrogens with one attached hydrogen (secondary N) is 2. The minimum atomic E-state index is -0.603. The molecule has 1 aliphatic rings. The molecule has 172 valence electrons. The molecule has 6 nitrogen and oxygen atoms in total. The Kier molecular flexibility index (Phi) is 7.37. The van der Waals surface area contributed by atoms with Crippen LogP contribution in [0.5, 0.6) is 0 Å². The van der Waals surface area contributed by atoms with Crippen LogP contribution < -0.4 is 10.6 Å². The number of hydrogen-bond donors (Lipinski definition) is 2. The van der Waals surface area contributed by atoms with E-state index in [0.717, 1.165) is 18.4 Å². The predicted octanol–water partition coefficient (Wildman–Crippen LogP) is 4.60. The first-order chi connectivity index (χ1) is 15.9. The van der Waals surface area contributed by atoms with Gasteiger partial charge in [-0.3, -0.25) is 14.9 Å². The number of halogens is 2. The van der Waals surface area contributed by atoms with Crippen LogP contribution in [0, 0.1) is 5.82 Å². The van der Waals surface area contributed by atoms with Gasteiger partial charge >= 0.3 is 0 Å². The third-order valence-corrected chi connectivity index (χ3v) is 6.82. The van der Waals surface area contributed by atoms with Gasteiger partial charge in [0.05, 0.1) is 17.7 Å². The van der Waals surface area contributed by atoms with Crippen molar-refractivity contribution in [1.82, 2.24) is 10.3 Å². The summed E-state index contributed by atoms with van der Waals surface area (Å²) in [6.07, 6.45) is 1.69. The molecule has 0 aliphatic carbocycles. The fourth-order valence-electron chi connectivity index (χ4n) is 3.88. The molecule has 2 amide bonds. The van der Waals surface area contributed by atoms with Gasteiger partial charge < -0.3 is 10.1 Å². The minimum Gasteiger partial charge on any atom is -0.381 e. The lowest BCUT2D eigenvalue weighted by molar-refractivity contribution is -0.121. The third kappa shape index (κ3) is 5.76. The number of amides is 2. The molecule has 0 unspecified atom stereocenters. The van der Waals surface area contributed by atoms with Gasteiger partial charge in [-0.1, -0.05) is 35.9 Å². The Labute approximate surface area is 200 Å². The second-order valence-corrected chi connectivity index (χ2v) is 9.23. The first-order valence-corrected chi connectivity index (χ1v) is 11.8. The Balaban J connectivity index is 1.36. The van der Waals surface area contributed by atoms with Crippen molar-refractivity contribution in [3.63, 3.8) is 0 Å². The van der Waals surface area contributed by atoms with Crippen molar-refractivity contribution in [3.05, 3.63) is 81.6 Å². The van der Waals surface area contributed by atoms with Crippen molar-refractivity contribution in [2.45, 2.75) is 24.7 Å². The summed E-state index contributed by atoms with van der Waals surface area (Å²) in [5, 5.41) is 8.31. The minimum absolute atomic E-state index is 0.0593. The molecule has 1 aliphatic heterocycles. The van der Waals surface area contributed by atoms with E-state index in [0.29, 0.717) is 35.6 Å². The van der Waals surface area contributed by atoms with Gasteiger partial charge in [0.25, 0.3) is 5.91 Å². The Morgan fingerprint density at radius 2 is 1.85 bits per heavy atom. The lowest BCUT2D eigenvalue weighted by Crippen LogP contribution is -2.45. The zero-order valence-electron chi connectivity index (χ0n) is 17.8. The van der Waals surface area contributed by atoms with Crippen molar-refractivity contribution in [2.75, 3.05) is 25.1 Å². The summed E-state index contributed by atoms with van der Waals surface area (Å²) in [5.74, 6) is -1.34. The Hall–Kier alpha value is -2.81. The van der Waals surface area contributed by atoms with Crippen molar-refractivity contribution < 1.29 is 18.7 Å². The van der Waals surface area contributed by atoms with E-state index in [4.69, 9.17) is 16.3 Å². The first-order valence-electron chi connectivity index (χ1n) is 10.6. The summed E-state index contributed by atoms with van der Waals surface area (Å²) in [4.78, 5) is 29.2. The largest absolute Gasteiger partial charge is 0.381 e. The molecule has 1 saturated heterocycles. The second kappa shape index (κ2) is 10.4. The number of aromatic nitrogens is 1. The van der Waals surface area contributed by atoms with Crippen LogP contribution >= 0.6 is 22.9 Å². The zero-order chi connectivity index (χ0) is 23.3. The molecular formula is C24H23ClFN3O3S. The molecular weight excluding hydrogens is 465 g/mol. The predicted molar refractivity (Wildman–Crippen MR) is 126 cm³/mol. The molecule has 0 atom stereocenters. The van der Waals surface area contributed by atoms with E-state index in [9.17, 15) is 14.0 Å². The maximum atomic E-state index is 13.8. The summed E-state index contributed by atoms with van der Waals surface area (Å²) in [6, 6.07) is 13.5. The molecule has 0 saturated carbocycles. The Morgan fingerprint density at radius 3 is 2.58 bits per heavy atom. The molecule has 4 rings (SSSR count). The summed E-state index contributed by atoms with van der Waals surface area (Å²) < 4.78 is 19.3. The van der Waals surface area contributed by atoms with E-state index in [-0.39, 0.29) is 23.3 Å². The summed E-state index contributed by atoms with van der Waals surface area (Å²) in [5.41, 5.74) is 1.39. The molecule has 0 bridgehead atoms. The maximum absolute atomic E-state index is 13.8. The van der Waals surface area contributed by atoms with Crippen molar-refractivity contribution in [1.29, 1.82) is 0 Å². The van der Waals surface area contributed by atoms with Gasteiger partial charge in [0.1, 0.15) is 5.82 Å². The molecule has 9 heteroatoms. The summed E-state index contributed by atoms with van der Waals surface area (Å²) >= 11 is 7.23. The number of carbonyl (C=O) groups is 2. The molecule has 2 N–H and O–H groups in total. The van der Waals surface area contributed by atoms with E-state index < -0.39 is 11.7 Å². The van der Waals surface area contributed by atoms with Crippen LogP contribution in [-0.2, 0) is 21.4 Å².